The Bertz CT molecular complexity index is 2450. The SMILES string of the molecule is c1ccc(-c2nc3ccccc3nc2-n2c3ccccc3c3ccc4c(c5ccccc5n4-c4ccccc4)c32)cc1. The normalized spacial score (nSPS) is 11.8. The van der Waals surface area contributed by atoms with Crippen LogP contribution in [0.4, 0.5) is 0 Å². The van der Waals surface area contributed by atoms with Crippen LogP contribution in [0.25, 0.3) is 77.4 Å². The average Bonchev–Trinajstić information content (AvgIpc) is 3.58. The van der Waals surface area contributed by atoms with E-state index in [0.717, 1.165) is 50.3 Å². The first-order valence-electron chi connectivity index (χ1n) is 14.2. The minimum Gasteiger partial charge on any atom is -0.309 e. The summed E-state index contributed by atoms with van der Waals surface area (Å²) in [5, 5.41) is 4.81. The molecule has 42 heavy (non-hydrogen) atoms. The third-order valence-corrected chi connectivity index (χ3v) is 8.30. The molecule has 196 valence electrons. The maximum absolute atomic E-state index is 5.34. The van der Waals surface area contributed by atoms with Crippen molar-refractivity contribution in [2.24, 2.45) is 0 Å². The Morgan fingerprint density at radius 3 is 1.76 bits per heavy atom. The van der Waals surface area contributed by atoms with E-state index in [1.165, 1.54) is 27.1 Å². The van der Waals surface area contributed by atoms with Crippen LogP contribution >= 0.6 is 0 Å². The number of benzene rings is 6. The minimum atomic E-state index is 0.829. The smallest absolute Gasteiger partial charge is 0.165 e. The first-order valence-corrected chi connectivity index (χ1v) is 14.2. The van der Waals surface area contributed by atoms with E-state index in [1.807, 2.05) is 30.3 Å². The minimum absolute atomic E-state index is 0.829. The lowest BCUT2D eigenvalue weighted by Gasteiger charge is -2.14. The lowest BCUT2D eigenvalue weighted by atomic mass is 10.1. The van der Waals surface area contributed by atoms with E-state index < -0.39 is 0 Å². The van der Waals surface area contributed by atoms with Crippen molar-refractivity contribution in [3.05, 3.63) is 146 Å². The predicted molar refractivity (Wildman–Crippen MR) is 174 cm³/mol. The van der Waals surface area contributed by atoms with E-state index >= 15 is 0 Å². The molecule has 0 saturated heterocycles. The van der Waals surface area contributed by atoms with Crippen LogP contribution in [0.5, 0.6) is 0 Å². The molecular formula is C38H24N4. The Balaban J connectivity index is 1.52. The van der Waals surface area contributed by atoms with Gasteiger partial charge in [0.15, 0.2) is 5.82 Å². The first kappa shape index (κ1) is 23.0. The van der Waals surface area contributed by atoms with Gasteiger partial charge in [-0.1, -0.05) is 103 Å². The van der Waals surface area contributed by atoms with Crippen LogP contribution < -0.4 is 0 Å². The van der Waals surface area contributed by atoms with Crippen LogP contribution in [0.1, 0.15) is 0 Å². The zero-order valence-corrected chi connectivity index (χ0v) is 22.6. The Morgan fingerprint density at radius 2 is 1.00 bits per heavy atom. The molecule has 0 amide bonds. The van der Waals surface area contributed by atoms with Crippen molar-refractivity contribution < 1.29 is 0 Å². The zero-order valence-electron chi connectivity index (χ0n) is 22.6. The fourth-order valence-electron chi connectivity index (χ4n) is 6.52. The van der Waals surface area contributed by atoms with Gasteiger partial charge >= 0.3 is 0 Å². The number of hydrogen-bond acceptors (Lipinski definition) is 2. The summed E-state index contributed by atoms with van der Waals surface area (Å²) >= 11 is 0. The molecule has 0 aliphatic heterocycles. The van der Waals surface area contributed by atoms with E-state index in [0.29, 0.717) is 0 Å². The van der Waals surface area contributed by atoms with Crippen molar-refractivity contribution in [2.45, 2.75) is 0 Å². The summed E-state index contributed by atoms with van der Waals surface area (Å²) in [7, 11) is 0. The number of nitrogens with zero attached hydrogens (tertiary/aromatic N) is 4. The summed E-state index contributed by atoms with van der Waals surface area (Å²) in [4.78, 5) is 10.6. The van der Waals surface area contributed by atoms with Gasteiger partial charge in [-0.2, -0.15) is 0 Å². The maximum Gasteiger partial charge on any atom is 0.165 e. The zero-order chi connectivity index (χ0) is 27.6. The highest BCUT2D eigenvalue weighted by atomic mass is 15.1. The van der Waals surface area contributed by atoms with Crippen molar-refractivity contribution in [1.29, 1.82) is 0 Å². The van der Waals surface area contributed by atoms with Gasteiger partial charge in [-0.25, -0.2) is 9.97 Å². The van der Waals surface area contributed by atoms with E-state index in [4.69, 9.17) is 9.97 Å². The molecule has 0 fully saturated rings. The molecule has 3 heterocycles. The number of hydrogen-bond donors (Lipinski definition) is 0. The van der Waals surface area contributed by atoms with Gasteiger partial charge in [-0.3, -0.25) is 4.57 Å². The Hall–Kier alpha value is -5.74. The molecule has 0 spiro atoms. The van der Waals surface area contributed by atoms with Gasteiger partial charge in [0.25, 0.3) is 0 Å². The summed E-state index contributed by atoms with van der Waals surface area (Å²) in [5.41, 5.74) is 9.38. The fourth-order valence-corrected chi connectivity index (χ4v) is 6.52. The summed E-state index contributed by atoms with van der Waals surface area (Å²) in [6, 6.07) is 51.0. The van der Waals surface area contributed by atoms with Crippen molar-refractivity contribution in [3.8, 4) is 22.8 Å². The summed E-state index contributed by atoms with van der Waals surface area (Å²) in [6.45, 7) is 0. The van der Waals surface area contributed by atoms with Crippen molar-refractivity contribution in [1.82, 2.24) is 19.1 Å². The van der Waals surface area contributed by atoms with Crippen LogP contribution in [0, 0.1) is 0 Å². The predicted octanol–water partition coefficient (Wildman–Crippen LogP) is 9.49. The van der Waals surface area contributed by atoms with Crippen LogP contribution in [0.2, 0.25) is 0 Å². The fraction of sp³-hybridized carbons (Fsp3) is 0. The van der Waals surface area contributed by atoms with E-state index in [9.17, 15) is 0 Å². The second-order valence-corrected chi connectivity index (χ2v) is 10.6. The number of rotatable bonds is 3. The summed E-state index contributed by atoms with van der Waals surface area (Å²) in [5.74, 6) is 0.829. The summed E-state index contributed by atoms with van der Waals surface area (Å²) < 4.78 is 4.72. The average molecular weight is 537 g/mol. The molecule has 0 radical (unpaired) electrons. The molecule has 0 N–H and O–H groups in total. The van der Waals surface area contributed by atoms with Gasteiger partial charge in [0, 0.05) is 32.8 Å². The topological polar surface area (TPSA) is 35.6 Å². The van der Waals surface area contributed by atoms with Gasteiger partial charge in [0.1, 0.15) is 5.69 Å². The molecule has 0 saturated carbocycles. The number of aromatic nitrogens is 4. The highest BCUT2D eigenvalue weighted by molar-refractivity contribution is 6.26. The Kier molecular flexibility index (Phi) is 4.87. The number of para-hydroxylation sites is 5. The van der Waals surface area contributed by atoms with Gasteiger partial charge < -0.3 is 4.57 Å². The maximum atomic E-state index is 5.34. The highest BCUT2D eigenvalue weighted by Crippen LogP contribution is 2.42. The lowest BCUT2D eigenvalue weighted by Crippen LogP contribution is -2.04. The van der Waals surface area contributed by atoms with Crippen LogP contribution in [0.15, 0.2) is 146 Å². The highest BCUT2D eigenvalue weighted by Gasteiger charge is 2.23. The molecule has 0 atom stereocenters. The third kappa shape index (κ3) is 3.23. The van der Waals surface area contributed by atoms with Gasteiger partial charge in [0.2, 0.25) is 0 Å². The quantitative estimate of drug-likeness (QED) is 0.225. The monoisotopic (exact) mass is 536 g/mol. The van der Waals surface area contributed by atoms with Crippen LogP contribution in [-0.4, -0.2) is 19.1 Å². The first-order chi connectivity index (χ1) is 20.9. The second kappa shape index (κ2) is 8.88. The largest absolute Gasteiger partial charge is 0.309 e. The molecule has 6 aromatic carbocycles. The van der Waals surface area contributed by atoms with Crippen molar-refractivity contribution in [3.63, 3.8) is 0 Å². The Morgan fingerprint density at radius 1 is 0.405 bits per heavy atom. The molecule has 3 aromatic heterocycles. The molecule has 0 aliphatic carbocycles. The molecule has 0 unspecified atom stereocenters. The lowest BCUT2D eigenvalue weighted by molar-refractivity contribution is 1.08. The molecule has 4 nitrogen and oxygen atoms in total. The summed E-state index contributed by atoms with van der Waals surface area (Å²) in [6.07, 6.45) is 0. The van der Waals surface area contributed by atoms with Gasteiger partial charge in [-0.15, -0.1) is 0 Å². The molecule has 9 rings (SSSR count). The van der Waals surface area contributed by atoms with E-state index in [2.05, 4.69) is 124 Å². The van der Waals surface area contributed by atoms with Gasteiger partial charge in [-0.05, 0) is 42.5 Å². The van der Waals surface area contributed by atoms with E-state index in [-0.39, 0.29) is 0 Å². The molecule has 9 aromatic rings. The molecular weight excluding hydrogens is 512 g/mol. The number of fused-ring (bicyclic) bond motifs is 8. The second-order valence-electron chi connectivity index (χ2n) is 10.6. The van der Waals surface area contributed by atoms with Crippen LogP contribution in [0.3, 0.4) is 0 Å². The third-order valence-electron chi connectivity index (χ3n) is 8.30. The van der Waals surface area contributed by atoms with Crippen molar-refractivity contribution in [2.75, 3.05) is 0 Å². The van der Waals surface area contributed by atoms with E-state index in [1.54, 1.807) is 0 Å². The molecule has 0 aliphatic rings. The van der Waals surface area contributed by atoms with Crippen molar-refractivity contribution >= 4 is 54.6 Å². The van der Waals surface area contributed by atoms with Crippen LogP contribution in [-0.2, 0) is 0 Å². The molecule has 0 bridgehead atoms. The van der Waals surface area contributed by atoms with Gasteiger partial charge in [0.05, 0.1) is 33.1 Å². The Labute approximate surface area is 241 Å². The molecule has 4 heteroatoms. The standard InChI is InChI=1S/C38H24N4/c1-3-13-25(14-4-1)36-38(40-31-20-10-9-19-30(31)39-36)42-32-21-11-7-17-27(32)28-23-24-34-35(37(28)42)29-18-8-12-22-33(29)41(34)26-15-5-2-6-16-26/h1-24H.